The highest BCUT2D eigenvalue weighted by Gasteiger charge is 2.16. The number of aryl methyl sites for hydroxylation is 2. The maximum Gasteiger partial charge on any atom is 0.188 e. The van der Waals surface area contributed by atoms with E-state index in [0.717, 1.165) is 35.2 Å². The van der Waals surface area contributed by atoms with Gasteiger partial charge in [-0.2, -0.15) is 5.10 Å². The lowest BCUT2D eigenvalue weighted by atomic mass is 9.85. The second-order valence-corrected chi connectivity index (χ2v) is 6.24. The molecular formula is C17H25IN6. The van der Waals surface area contributed by atoms with Crippen LogP contribution in [0.25, 0.3) is 5.82 Å². The molecule has 1 saturated carbocycles. The molecule has 24 heavy (non-hydrogen) atoms. The van der Waals surface area contributed by atoms with Gasteiger partial charge in [0.2, 0.25) is 0 Å². The molecule has 0 unspecified atom stereocenters. The van der Waals surface area contributed by atoms with Crippen LogP contribution in [0.15, 0.2) is 29.4 Å². The van der Waals surface area contributed by atoms with Crippen LogP contribution in [0.3, 0.4) is 0 Å². The molecule has 0 aliphatic heterocycles. The highest BCUT2D eigenvalue weighted by Crippen LogP contribution is 2.24. The smallest absolute Gasteiger partial charge is 0.188 e. The molecule has 2 heterocycles. The average Bonchev–Trinajstić information content (AvgIpc) is 2.83. The molecule has 1 aliphatic rings. The largest absolute Gasteiger partial charge is 0.370 e. The molecule has 130 valence electrons. The van der Waals surface area contributed by atoms with Crippen LogP contribution in [0.4, 0.5) is 0 Å². The second-order valence-electron chi connectivity index (χ2n) is 6.24. The van der Waals surface area contributed by atoms with E-state index >= 15 is 0 Å². The molecule has 3 rings (SSSR count). The Balaban J connectivity index is 0.00000208. The molecule has 2 aromatic heterocycles. The van der Waals surface area contributed by atoms with Gasteiger partial charge < -0.3 is 11.1 Å². The van der Waals surface area contributed by atoms with Crippen LogP contribution < -0.4 is 11.1 Å². The summed E-state index contributed by atoms with van der Waals surface area (Å²) < 4.78 is 1.84. The maximum absolute atomic E-state index is 5.90. The number of guanidine groups is 1. The van der Waals surface area contributed by atoms with Gasteiger partial charge in [0.15, 0.2) is 11.8 Å². The zero-order chi connectivity index (χ0) is 16.2. The van der Waals surface area contributed by atoms with Crippen molar-refractivity contribution in [2.75, 3.05) is 6.54 Å². The second kappa shape index (κ2) is 8.46. The van der Waals surface area contributed by atoms with Crippen LogP contribution in [-0.4, -0.2) is 27.3 Å². The van der Waals surface area contributed by atoms with E-state index < -0.39 is 0 Å². The van der Waals surface area contributed by atoms with Gasteiger partial charge in [-0.1, -0.05) is 12.5 Å². The van der Waals surface area contributed by atoms with Crippen LogP contribution in [-0.2, 0) is 6.54 Å². The zero-order valence-electron chi connectivity index (χ0n) is 14.2. The third-order valence-corrected chi connectivity index (χ3v) is 4.26. The van der Waals surface area contributed by atoms with Gasteiger partial charge in [0.05, 0.1) is 12.2 Å². The fourth-order valence-corrected chi connectivity index (χ4v) is 2.67. The van der Waals surface area contributed by atoms with Gasteiger partial charge in [-0.25, -0.2) is 14.7 Å². The van der Waals surface area contributed by atoms with Crippen molar-refractivity contribution in [2.24, 2.45) is 16.6 Å². The standard InChI is InChI=1S/C17H24N6.HI/c1-12-8-13(2)23(22-12)16-7-6-15(10-19-16)11-21-17(18)20-9-14-4-3-5-14;/h6-8,10,14H,3-5,9,11H2,1-2H3,(H3,18,20,21);1H. The summed E-state index contributed by atoms with van der Waals surface area (Å²) in [7, 11) is 0. The quantitative estimate of drug-likeness (QED) is 0.426. The lowest BCUT2D eigenvalue weighted by Crippen LogP contribution is -2.37. The van der Waals surface area contributed by atoms with Crippen molar-refractivity contribution in [3.63, 3.8) is 0 Å². The number of aliphatic imine (C=N–C) groups is 1. The molecular weight excluding hydrogens is 415 g/mol. The van der Waals surface area contributed by atoms with E-state index in [1.54, 1.807) is 0 Å². The number of halogens is 1. The first-order chi connectivity index (χ1) is 11.1. The van der Waals surface area contributed by atoms with E-state index in [2.05, 4.69) is 20.4 Å². The molecule has 2 aromatic rings. The predicted molar refractivity (Wildman–Crippen MR) is 107 cm³/mol. The minimum Gasteiger partial charge on any atom is -0.370 e. The predicted octanol–water partition coefficient (Wildman–Crippen LogP) is 2.71. The Kier molecular flexibility index (Phi) is 6.59. The van der Waals surface area contributed by atoms with Crippen molar-refractivity contribution in [1.82, 2.24) is 20.1 Å². The van der Waals surface area contributed by atoms with Gasteiger partial charge in [0, 0.05) is 18.4 Å². The van der Waals surface area contributed by atoms with Crippen LogP contribution in [0.5, 0.6) is 0 Å². The van der Waals surface area contributed by atoms with Gasteiger partial charge in [-0.05, 0) is 50.3 Å². The van der Waals surface area contributed by atoms with Gasteiger partial charge in [-0.3, -0.25) is 0 Å². The van der Waals surface area contributed by atoms with Crippen LogP contribution >= 0.6 is 24.0 Å². The number of rotatable bonds is 5. The molecule has 0 atom stereocenters. The van der Waals surface area contributed by atoms with Crippen LogP contribution in [0, 0.1) is 19.8 Å². The van der Waals surface area contributed by atoms with Crippen molar-refractivity contribution in [1.29, 1.82) is 0 Å². The fourth-order valence-electron chi connectivity index (χ4n) is 2.67. The van der Waals surface area contributed by atoms with Crippen molar-refractivity contribution in [3.8, 4) is 5.82 Å². The normalized spacial score (nSPS) is 14.8. The molecule has 1 aliphatic carbocycles. The van der Waals surface area contributed by atoms with Crippen molar-refractivity contribution in [2.45, 2.75) is 39.7 Å². The summed E-state index contributed by atoms with van der Waals surface area (Å²) in [5.41, 5.74) is 8.99. The lowest BCUT2D eigenvalue weighted by molar-refractivity contribution is 0.315. The summed E-state index contributed by atoms with van der Waals surface area (Å²) in [6.45, 7) is 5.47. The summed E-state index contributed by atoms with van der Waals surface area (Å²) in [5, 5.41) is 7.63. The highest BCUT2D eigenvalue weighted by atomic mass is 127. The van der Waals surface area contributed by atoms with Gasteiger partial charge in [0.25, 0.3) is 0 Å². The summed E-state index contributed by atoms with van der Waals surface area (Å²) in [5.74, 6) is 2.10. The van der Waals surface area contributed by atoms with Gasteiger partial charge >= 0.3 is 0 Å². The Bertz CT molecular complexity index is 688. The minimum atomic E-state index is 0. The molecule has 0 spiro atoms. The topological polar surface area (TPSA) is 81.1 Å². The molecule has 3 N–H and O–H groups in total. The summed E-state index contributed by atoms with van der Waals surface area (Å²) >= 11 is 0. The van der Waals surface area contributed by atoms with E-state index in [0.29, 0.717) is 12.5 Å². The van der Waals surface area contributed by atoms with E-state index in [1.807, 2.05) is 42.9 Å². The van der Waals surface area contributed by atoms with E-state index in [9.17, 15) is 0 Å². The molecule has 1 fully saturated rings. The first-order valence-electron chi connectivity index (χ1n) is 8.14. The summed E-state index contributed by atoms with van der Waals surface area (Å²) in [6.07, 6.45) is 5.78. The van der Waals surface area contributed by atoms with Gasteiger partial charge in [0.1, 0.15) is 0 Å². The Morgan fingerprint density at radius 2 is 2.17 bits per heavy atom. The molecule has 0 amide bonds. The third kappa shape index (κ3) is 4.68. The third-order valence-electron chi connectivity index (χ3n) is 4.26. The van der Waals surface area contributed by atoms with Crippen molar-refractivity contribution >= 4 is 29.9 Å². The van der Waals surface area contributed by atoms with E-state index in [1.165, 1.54) is 19.3 Å². The lowest BCUT2D eigenvalue weighted by Gasteiger charge is -2.25. The number of pyridine rings is 1. The number of nitrogens with one attached hydrogen (secondary N) is 1. The molecule has 0 bridgehead atoms. The highest BCUT2D eigenvalue weighted by molar-refractivity contribution is 14.0. The number of hydrogen-bond acceptors (Lipinski definition) is 3. The summed E-state index contributed by atoms with van der Waals surface area (Å²) in [4.78, 5) is 8.84. The average molecular weight is 440 g/mol. The molecule has 7 heteroatoms. The van der Waals surface area contributed by atoms with Crippen molar-refractivity contribution in [3.05, 3.63) is 41.3 Å². The monoisotopic (exact) mass is 440 g/mol. The maximum atomic E-state index is 5.90. The van der Waals surface area contributed by atoms with Crippen molar-refractivity contribution < 1.29 is 0 Å². The molecule has 0 saturated heterocycles. The Labute approximate surface area is 160 Å². The fraction of sp³-hybridized carbons (Fsp3) is 0.471. The molecule has 6 nitrogen and oxygen atoms in total. The Morgan fingerprint density at radius 3 is 2.71 bits per heavy atom. The van der Waals surface area contributed by atoms with Gasteiger partial charge in [-0.15, -0.1) is 24.0 Å². The zero-order valence-corrected chi connectivity index (χ0v) is 16.5. The Hall–Kier alpha value is -1.64. The first-order valence-corrected chi connectivity index (χ1v) is 8.14. The molecule has 0 aromatic carbocycles. The molecule has 0 radical (unpaired) electrons. The Morgan fingerprint density at radius 1 is 1.38 bits per heavy atom. The van der Waals surface area contributed by atoms with Crippen LogP contribution in [0.1, 0.15) is 36.2 Å². The first kappa shape index (κ1) is 18.7. The number of aromatic nitrogens is 3. The minimum absolute atomic E-state index is 0. The number of hydrogen-bond donors (Lipinski definition) is 2. The van der Waals surface area contributed by atoms with E-state index in [-0.39, 0.29) is 24.0 Å². The SMILES string of the molecule is Cc1cc(C)n(-c2ccc(CN=C(N)NCC3CCC3)cn2)n1.I. The van der Waals surface area contributed by atoms with Crippen LogP contribution in [0.2, 0.25) is 0 Å². The number of nitrogens with two attached hydrogens (primary N) is 1. The summed E-state index contributed by atoms with van der Waals surface area (Å²) in [6, 6.07) is 6.01. The number of nitrogens with zero attached hydrogens (tertiary/aromatic N) is 4. The van der Waals surface area contributed by atoms with E-state index in [4.69, 9.17) is 5.73 Å².